The quantitative estimate of drug-likeness (QED) is 0.740. The van der Waals surface area contributed by atoms with Crippen molar-refractivity contribution in [2.24, 2.45) is 11.8 Å². The van der Waals surface area contributed by atoms with E-state index in [0.29, 0.717) is 0 Å². The molecule has 0 aromatic carbocycles. The second-order valence-electron chi connectivity index (χ2n) is 4.61. The molecule has 0 saturated heterocycles. The van der Waals surface area contributed by atoms with E-state index in [1.165, 1.54) is 36.9 Å². The first-order valence-corrected chi connectivity index (χ1v) is 5.27. The van der Waals surface area contributed by atoms with Gasteiger partial charge in [0.25, 0.3) is 0 Å². The van der Waals surface area contributed by atoms with Crippen LogP contribution in [0, 0.1) is 11.8 Å². The van der Waals surface area contributed by atoms with E-state index in [4.69, 9.17) is 0 Å². The van der Waals surface area contributed by atoms with E-state index >= 15 is 0 Å². The van der Waals surface area contributed by atoms with Crippen molar-refractivity contribution in [1.82, 2.24) is 10.2 Å². The van der Waals surface area contributed by atoms with Crippen LogP contribution in [-0.4, -0.2) is 10.2 Å². The molecule has 2 nitrogen and oxygen atoms in total. The summed E-state index contributed by atoms with van der Waals surface area (Å²) in [6.45, 7) is 4.62. The van der Waals surface area contributed by atoms with Crippen LogP contribution in [0.1, 0.15) is 37.9 Å². The molecule has 2 heteroatoms. The summed E-state index contributed by atoms with van der Waals surface area (Å²) in [4.78, 5) is 0. The first-order chi connectivity index (χ1) is 6.25. The minimum atomic E-state index is 0.832. The van der Waals surface area contributed by atoms with Crippen LogP contribution in [-0.2, 0) is 12.8 Å². The maximum Gasteiger partial charge on any atom is 0.0522 e. The monoisotopic (exact) mass is 178 g/mol. The zero-order chi connectivity index (χ0) is 9.26. The molecular weight excluding hydrogens is 160 g/mol. The Kier molecular flexibility index (Phi) is 2.38. The molecule has 1 aliphatic carbocycles. The van der Waals surface area contributed by atoms with E-state index in [9.17, 15) is 0 Å². The summed E-state index contributed by atoms with van der Waals surface area (Å²) in [5.74, 6) is 1.73. The largest absolute Gasteiger partial charge is 0.282 e. The highest BCUT2D eigenvalue weighted by molar-refractivity contribution is 5.19. The molecule has 0 aliphatic heterocycles. The summed E-state index contributed by atoms with van der Waals surface area (Å²) in [6, 6.07) is 0. The predicted molar refractivity (Wildman–Crippen MR) is 53.6 cm³/mol. The van der Waals surface area contributed by atoms with Gasteiger partial charge in [0.05, 0.1) is 6.20 Å². The zero-order valence-electron chi connectivity index (χ0n) is 8.51. The topological polar surface area (TPSA) is 28.7 Å². The van der Waals surface area contributed by atoms with E-state index in [-0.39, 0.29) is 0 Å². The van der Waals surface area contributed by atoms with Gasteiger partial charge in [0.15, 0.2) is 0 Å². The summed E-state index contributed by atoms with van der Waals surface area (Å²) < 4.78 is 0. The molecular formula is C11H18N2. The van der Waals surface area contributed by atoms with Crippen LogP contribution in [0.3, 0.4) is 0 Å². The number of aromatic amines is 1. The Bertz CT molecular complexity index is 275. The summed E-state index contributed by atoms with van der Waals surface area (Å²) >= 11 is 0. The molecule has 1 atom stereocenters. The van der Waals surface area contributed by atoms with Gasteiger partial charge in [-0.05, 0) is 43.1 Å². The molecule has 2 rings (SSSR count). The molecule has 0 bridgehead atoms. The first-order valence-electron chi connectivity index (χ1n) is 5.27. The van der Waals surface area contributed by atoms with E-state index < -0.39 is 0 Å². The average Bonchev–Trinajstić information content (AvgIpc) is 2.49. The summed E-state index contributed by atoms with van der Waals surface area (Å²) in [7, 11) is 0. The van der Waals surface area contributed by atoms with Gasteiger partial charge in [-0.2, -0.15) is 5.10 Å². The van der Waals surface area contributed by atoms with Crippen LogP contribution in [0.15, 0.2) is 6.20 Å². The number of aryl methyl sites for hydroxylation is 1. The number of H-pyrrole nitrogens is 1. The smallest absolute Gasteiger partial charge is 0.0522 e. The van der Waals surface area contributed by atoms with Crippen LogP contribution >= 0.6 is 0 Å². The van der Waals surface area contributed by atoms with Gasteiger partial charge < -0.3 is 0 Å². The number of fused-ring (bicyclic) bond motifs is 1. The molecule has 0 spiro atoms. The van der Waals surface area contributed by atoms with Crippen molar-refractivity contribution in [2.45, 2.75) is 39.5 Å². The fourth-order valence-electron chi connectivity index (χ4n) is 2.36. The normalized spacial score (nSPS) is 21.9. The number of rotatable bonds is 2. The molecule has 1 unspecified atom stereocenters. The van der Waals surface area contributed by atoms with Crippen molar-refractivity contribution in [3.8, 4) is 0 Å². The maximum absolute atomic E-state index is 4.09. The van der Waals surface area contributed by atoms with Crippen molar-refractivity contribution in [3.63, 3.8) is 0 Å². The van der Waals surface area contributed by atoms with Crippen molar-refractivity contribution in [1.29, 1.82) is 0 Å². The number of hydrogen-bond donors (Lipinski definition) is 1. The Morgan fingerprint density at radius 2 is 2.46 bits per heavy atom. The van der Waals surface area contributed by atoms with E-state index in [2.05, 4.69) is 24.0 Å². The fraction of sp³-hybridized carbons (Fsp3) is 0.727. The first kappa shape index (κ1) is 8.79. The summed E-state index contributed by atoms with van der Waals surface area (Å²) in [5, 5.41) is 7.17. The molecule has 13 heavy (non-hydrogen) atoms. The van der Waals surface area contributed by atoms with Gasteiger partial charge in [-0.1, -0.05) is 13.8 Å². The minimum absolute atomic E-state index is 0.832. The van der Waals surface area contributed by atoms with Crippen LogP contribution in [0.25, 0.3) is 0 Å². The van der Waals surface area contributed by atoms with E-state index in [1.54, 1.807) is 0 Å². The molecule has 0 fully saturated rings. The van der Waals surface area contributed by atoms with Crippen LogP contribution in [0.2, 0.25) is 0 Å². The van der Waals surface area contributed by atoms with Gasteiger partial charge in [-0.15, -0.1) is 0 Å². The zero-order valence-corrected chi connectivity index (χ0v) is 8.51. The van der Waals surface area contributed by atoms with Crippen molar-refractivity contribution < 1.29 is 0 Å². The molecule has 1 N–H and O–H groups in total. The highest BCUT2D eigenvalue weighted by atomic mass is 15.1. The van der Waals surface area contributed by atoms with Crippen LogP contribution in [0.5, 0.6) is 0 Å². The van der Waals surface area contributed by atoms with Crippen molar-refractivity contribution in [2.75, 3.05) is 0 Å². The van der Waals surface area contributed by atoms with E-state index in [1.807, 2.05) is 6.20 Å². The summed E-state index contributed by atoms with van der Waals surface area (Å²) in [5.41, 5.74) is 2.83. The Labute approximate surface area is 79.7 Å². The highest BCUT2D eigenvalue weighted by Crippen LogP contribution is 2.28. The molecule has 72 valence electrons. The highest BCUT2D eigenvalue weighted by Gasteiger charge is 2.20. The van der Waals surface area contributed by atoms with Gasteiger partial charge in [0, 0.05) is 5.69 Å². The Morgan fingerprint density at radius 3 is 3.23 bits per heavy atom. The van der Waals surface area contributed by atoms with E-state index in [0.717, 1.165) is 11.8 Å². The van der Waals surface area contributed by atoms with Gasteiger partial charge in [0.1, 0.15) is 0 Å². The second-order valence-corrected chi connectivity index (χ2v) is 4.61. The lowest BCUT2D eigenvalue weighted by Crippen LogP contribution is -2.15. The summed E-state index contributed by atoms with van der Waals surface area (Å²) in [6.07, 6.45) is 7.15. The second kappa shape index (κ2) is 3.52. The molecule has 0 saturated carbocycles. The number of aromatic nitrogens is 2. The Hall–Kier alpha value is -0.790. The lowest BCUT2D eigenvalue weighted by molar-refractivity contribution is 0.368. The SMILES string of the molecule is CC(C)CC1CCc2[nH]ncc2C1. The average molecular weight is 178 g/mol. The lowest BCUT2D eigenvalue weighted by atomic mass is 9.83. The van der Waals surface area contributed by atoms with Gasteiger partial charge in [-0.3, -0.25) is 5.10 Å². The van der Waals surface area contributed by atoms with Crippen molar-refractivity contribution in [3.05, 3.63) is 17.5 Å². The maximum atomic E-state index is 4.09. The molecule has 1 aliphatic rings. The third-order valence-electron chi connectivity index (χ3n) is 2.92. The molecule has 1 heterocycles. The van der Waals surface area contributed by atoms with Gasteiger partial charge in [0.2, 0.25) is 0 Å². The van der Waals surface area contributed by atoms with Gasteiger partial charge in [-0.25, -0.2) is 0 Å². The number of nitrogens with zero attached hydrogens (tertiary/aromatic N) is 1. The lowest BCUT2D eigenvalue weighted by Gasteiger charge is -2.22. The van der Waals surface area contributed by atoms with Crippen LogP contribution < -0.4 is 0 Å². The molecule has 1 aromatic heterocycles. The number of hydrogen-bond acceptors (Lipinski definition) is 1. The molecule has 0 radical (unpaired) electrons. The van der Waals surface area contributed by atoms with Crippen molar-refractivity contribution >= 4 is 0 Å². The van der Waals surface area contributed by atoms with Crippen LogP contribution in [0.4, 0.5) is 0 Å². The Morgan fingerprint density at radius 1 is 1.62 bits per heavy atom. The molecule has 0 amide bonds. The van der Waals surface area contributed by atoms with Gasteiger partial charge >= 0.3 is 0 Å². The third kappa shape index (κ3) is 1.93. The standard InChI is InChI=1S/C11H18N2/c1-8(2)5-9-3-4-11-10(6-9)7-12-13-11/h7-9H,3-6H2,1-2H3,(H,12,13). The Balaban J connectivity index is 2.00. The fourth-order valence-corrected chi connectivity index (χ4v) is 2.36. The number of nitrogens with one attached hydrogen (secondary N) is 1. The minimum Gasteiger partial charge on any atom is -0.282 e. The third-order valence-corrected chi connectivity index (χ3v) is 2.92. The predicted octanol–water partition coefficient (Wildman–Crippen LogP) is 2.56. The molecule has 1 aromatic rings.